The highest BCUT2D eigenvalue weighted by atomic mass is 32.1. The fourth-order valence-corrected chi connectivity index (χ4v) is 2.26. The van der Waals surface area contributed by atoms with Crippen molar-refractivity contribution in [1.82, 2.24) is 9.88 Å². The van der Waals surface area contributed by atoms with Crippen molar-refractivity contribution in [3.8, 4) is 0 Å². The number of aliphatic carboxylic acids is 1. The topological polar surface area (TPSA) is 53.4 Å². The van der Waals surface area contributed by atoms with Crippen molar-refractivity contribution >= 4 is 17.3 Å². The second kappa shape index (κ2) is 6.14. The van der Waals surface area contributed by atoms with E-state index >= 15 is 0 Å². The van der Waals surface area contributed by atoms with Crippen LogP contribution in [0.15, 0.2) is 5.51 Å². The van der Waals surface area contributed by atoms with Crippen LogP contribution in [0.2, 0.25) is 0 Å². The van der Waals surface area contributed by atoms with E-state index in [2.05, 4.69) is 4.98 Å². The van der Waals surface area contributed by atoms with Crippen molar-refractivity contribution in [2.45, 2.75) is 19.5 Å². The van der Waals surface area contributed by atoms with Crippen LogP contribution in [0.5, 0.6) is 0 Å². The lowest BCUT2D eigenvalue weighted by Crippen LogP contribution is -2.39. The molecule has 0 unspecified atom stereocenters. The molecule has 0 aliphatic heterocycles. The van der Waals surface area contributed by atoms with Gasteiger partial charge in [0.05, 0.1) is 24.3 Å². The molecule has 1 heterocycles. The van der Waals surface area contributed by atoms with Gasteiger partial charge in [-0.3, -0.25) is 9.69 Å². The van der Waals surface area contributed by atoms with E-state index in [4.69, 9.17) is 5.11 Å². The van der Waals surface area contributed by atoms with E-state index in [0.29, 0.717) is 6.42 Å². The monoisotopic (exact) mass is 282 g/mol. The molecule has 0 saturated heterocycles. The molecule has 1 rings (SSSR count). The third-order valence-electron chi connectivity index (χ3n) is 2.26. The van der Waals surface area contributed by atoms with Gasteiger partial charge >= 0.3 is 12.1 Å². The summed E-state index contributed by atoms with van der Waals surface area (Å²) in [4.78, 5) is 16.3. The minimum absolute atomic E-state index is 0.0504. The van der Waals surface area contributed by atoms with E-state index in [1.807, 2.05) is 0 Å². The first kappa shape index (κ1) is 14.9. The van der Waals surface area contributed by atoms with Gasteiger partial charge in [0, 0.05) is 11.4 Å². The van der Waals surface area contributed by atoms with E-state index in [1.165, 1.54) is 11.3 Å². The van der Waals surface area contributed by atoms with Crippen molar-refractivity contribution in [2.75, 3.05) is 19.6 Å². The average molecular weight is 282 g/mol. The first-order valence-corrected chi connectivity index (χ1v) is 6.06. The van der Waals surface area contributed by atoms with Gasteiger partial charge in [-0.1, -0.05) is 0 Å². The zero-order valence-electron chi connectivity index (χ0n) is 9.70. The summed E-state index contributed by atoms with van der Waals surface area (Å²) in [5, 5.41) is 8.57. The second-order valence-electron chi connectivity index (χ2n) is 3.83. The van der Waals surface area contributed by atoms with Crippen molar-refractivity contribution in [1.29, 1.82) is 0 Å². The van der Waals surface area contributed by atoms with Crippen LogP contribution in [-0.4, -0.2) is 46.8 Å². The smallest absolute Gasteiger partial charge is 0.401 e. The van der Waals surface area contributed by atoms with E-state index in [-0.39, 0.29) is 6.54 Å². The van der Waals surface area contributed by atoms with Gasteiger partial charge in [-0.25, -0.2) is 4.98 Å². The number of thiazole rings is 1. The molecule has 0 fully saturated rings. The highest BCUT2D eigenvalue weighted by Gasteiger charge is 2.31. The van der Waals surface area contributed by atoms with E-state index < -0.39 is 25.2 Å². The standard InChI is InChI=1S/C10H13F3N2O2S/c1-7-8(18-6-14-7)2-3-15(4-9(16)17)5-10(11,12)13/h6H,2-5H2,1H3,(H,16,17). The van der Waals surface area contributed by atoms with E-state index in [0.717, 1.165) is 15.5 Å². The van der Waals surface area contributed by atoms with Gasteiger partial charge in [-0.2, -0.15) is 13.2 Å². The molecular formula is C10H13F3N2O2S. The average Bonchev–Trinajstić information content (AvgIpc) is 2.57. The summed E-state index contributed by atoms with van der Waals surface area (Å²) in [6.07, 6.45) is -4.02. The first-order chi connectivity index (χ1) is 8.28. The number of halogens is 3. The van der Waals surface area contributed by atoms with Crippen molar-refractivity contribution in [3.05, 3.63) is 16.1 Å². The molecule has 8 heteroatoms. The molecule has 0 saturated carbocycles. The molecule has 0 aliphatic rings. The van der Waals surface area contributed by atoms with Crippen molar-refractivity contribution < 1.29 is 23.1 Å². The van der Waals surface area contributed by atoms with Crippen LogP contribution < -0.4 is 0 Å². The van der Waals surface area contributed by atoms with Crippen molar-refractivity contribution in [3.63, 3.8) is 0 Å². The summed E-state index contributed by atoms with van der Waals surface area (Å²) < 4.78 is 36.8. The van der Waals surface area contributed by atoms with Gasteiger partial charge in [0.15, 0.2) is 0 Å². The summed E-state index contributed by atoms with van der Waals surface area (Å²) in [6, 6.07) is 0. The Labute approximate surface area is 106 Å². The predicted octanol–water partition coefficient (Wildman–Crippen LogP) is 1.94. The molecule has 0 aromatic carbocycles. The number of nitrogens with zero attached hydrogens (tertiary/aromatic N) is 2. The van der Waals surface area contributed by atoms with Crippen LogP contribution in [0.4, 0.5) is 13.2 Å². The third-order valence-corrected chi connectivity index (χ3v) is 3.26. The Bertz CT molecular complexity index is 406. The second-order valence-corrected chi connectivity index (χ2v) is 4.77. The molecular weight excluding hydrogens is 269 g/mol. The molecule has 0 aliphatic carbocycles. The highest BCUT2D eigenvalue weighted by molar-refractivity contribution is 7.09. The minimum Gasteiger partial charge on any atom is -0.480 e. The molecule has 1 N–H and O–H groups in total. The predicted molar refractivity (Wildman–Crippen MR) is 60.7 cm³/mol. The van der Waals surface area contributed by atoms with Crippen LogP contribution in [0.3, 0.4) is 0 Å². The fourth-order valence-electron chi connectivity index (χ4n) is 1.48. The molecule has 0 atom stereocenters. The molecule has 0 amide bonds. The number of aryl methyl sites for hydroxylation is 1. The molecule has 1 aromatic rings. The SMILES string of the molecule is Cc1ncsc1CCN(CC(=O)O)CC(F)(F)F. The lowest BCUT2D eigenvalue weighted by Gasteiger charge is -2.21. The van der Waals surface area contributed by atoms with Gasteiger partial charge in [-0.05, 0) is 13.3 Å². The zero-order valence-corrected chi connectivity index (χ0v) is 10.5. The van der Waals surface area contributed by atoms with Crippen LogP contribution in [0.1, 0.15) is 10.6 Å². The summed E-state index contributed by atoms with van der Waals surface area (Å²) in [6.45, 7) is 0.000480. The number of hydrogen-bond donors (Lipinski definition) is 1. The summed E-state index contributed by atoms with van der Waals surface area (Å²) >= 11 is 1.36. The van der Waals surface area contributed by atoms with Gasteiger partial charge in [-0.15, -0.1) is 11.3 Å². The Morgan fingerprint density at radius 3 is 2.67 bits per heavy atom. The summed E-state index contributed by atoms with van der Waals surface area (Å²) in [5.74, 6) is -1.26. The van der Waals surface area contributed by atoms with Gasteiger partial charge in [0.1, 0.15) is 0 Å². The van der Waals surface area contributed by atoms with Crippen LogP contribution in [0, 0.1) is 6.92 Å². The normalized spacial score (nSPS) is 12.1. The Kier molecular flexibility index (Phi) is 5.09. The minimum atomic E-state index is -4.39. The molecule has 0 bridgehead atoms. The number of carboxylic acids is 1. The van der Waals surface area contributed by atoms with E-state index in [9.17, 15) is 18.0 Å². The quantitative estimate of drug-likeness (QED) is 0.866. The number of aromatic nitrogens is 1. The largest absolute Gasteiger partial charge is 0.480 e. The maximum atomic E-state index is 12.3. The summed E-state index contributed by atoms with van der Waals surface area (Å²) in [5.41, 5.74) is 2.40. The van der Waals surface area contributed by atoms with E-state index in [1.54, 1.807) is 12.4 Å². The molecule has 18 heavy (non-hydrogen) atoms. The van der Waals surface area contributed by atoms with Crippen LogP contribution >= 0.6 is 11.3 Å². The number of carbonyl (C=O) groups is 1. The Morgan fingerprint density at radius 2 is 2.22 bits per heavy atom. The van der Waals surface area contributed by atoms with Gasteiger partial charge in [0.2, 0.25) is 0 Å². The molecule has 4 nitrogen and oxygen atoms in total. The number of hydrogen-bond acceptors (Lipinski definition) is 4. The molecule has 0 radical (unpaired) electrons. The van der Waals surface area contributed by atoms with Gasteiger partial charge in [0.25, 0.3) is 0 Å². The van der Waals surface area contributed by atoms with Crippen LogP contribution in [-0.2, 0) is 11.2 Å². The van der Waals surface area contributed by atoms with Gasteiger partial charge < -0.3 is 5.11 Å². The maximum Gasteiger partial charge on any atom is 0.401 e. The number of rotatable bonds is 6. The third kappa shape index (κ3) is 5.46. The lowest BCUT2D eigenvalue weighted by molar-refractivity contribution is -0.153. The van der Waals surface area contributed by atoms with Crippen LogP contribution in [0.25, 0.3) is 0 Å². The van der Waals surface area contributed by atoms with Crippen molar-refractivity contribution in [2.24, 2.45) is 0 Å². The number of alkyl halides is 3. The molecule has 1 aromatic heterocycles. The summed E-state index contributed by atoms with van der Waals surface area (Å²) in [7, 11) is 0. The Hall–Kier alpha value is -1.15. The molecule has 0 spiro atoms. The Morgan fingerprint density at radius 1 is 1.56 bits per heavy atom. The maximum absolute atomic E-state index is 12.3. The lowest BCUT2D eigenvalue weighted by atomic mass is 10.3. The zero-order chi connectivity index (χ0) is 13.8. The number of carboxylic acid groups (broad SMARTS) is 1. The highest BCUT2D eigenvalue weighted by Crippen LogP contribution is 2.18. The fraction of sp³-hybridized carbons (Fsp3) is 0.600. The Balaban J connectivity index is 2.56. The molecule has 102 valence electrons. The first-order valence-electron chi connectivity index (χ1n) is 5.18.